The van der Waals surface area contributed by atoms with Crippen molar-refractivity contribution in [3.05, 3.63) is 23.8 Å². The Labute approximate surface area is 136 Å². The molecule has 0 radical (unpaired) electrons. The molecule has 0 atom stereocenters. The average Bonchev–Trinajstić information content (AvgIpc) is 3.02. The highest BCUT2D eigenvalue weighted by Crippen LogP contribution is 2.32. The fraction of sp³-hybridized carbons (Fsp3) is 0.588. The Balaban J connectivity index is 1.54. The quantitative estimate of drug-likeness (QED) is 0.821. The van der Waals surface area contributed by atoms with Crippen molar-refractivity contribution < 1.29 is 19.0 Å². The highest BCUT2D eigenvalue weighted by Gasteiger charge is 2.32. The number of ether oxygens (including phenoxy) is 3. The molecule has 1 fully saturated rings. The van der Waals surface area contributed by atoms with E-state index in [2.05, 4.69) is 10.6 Å². The van der Waals surface area contributed by atoms with E-state index in [1.165, 1.54) is 0 Å². The van der Waals surface area contributed by atoms with Gasteiger partial charge in [0.25, 0.3) is 0 Å². The van der Waals surface area contributed by atoms with E-state index in [4.69, 9.17) is 14.2 Å². The first-order chi connectivity index (χ1) is 11.2. The van der Waals surface area contributed by atoms with Crippen LogP contribution >= 0.6 is 0 Å². The molecule has 126 valence electrons. The van der Waals surface area contributed by atoms with Crippen LogP contribution in [0.1, 0.15) is 18.4 Å². The van der Waals surface area contributed by atoms with Crippen LogP contribution in [0.5, 0.6) is 11.5 Å². The summed E-state index contributed by atoms with van der Waals surface area (Å²) in [5.41, 5.74) is 0.975. The van der Waals surface area contributed by atoms with Gasteiger partial charge in [-0.15, -0.1) is 0 Å². The maximum atomic E-state index is 12.3. The number of carbonyl (C=O) groups excluding carboxylic acids is 1. The number of methoxy groups -OCH3 is 1. The van der Waals surface area contributed by atoms with E-state index < -0.39 is 0 Å². The van der Waals surface area contributed by atoms with Crippen molar-refractivity contribution in [1.29, 1.82) is 0 Å². The van der Waals surface area contributed by atoms with Crippen molar-refractivity contribution in [2.24, 2.45) is 5.41 Å². The first kappa shape index (κ1) is 16.1. The largest absolute Gasteiger partial charge is 0.454 e. The second-order valence-electron chi connectivity index (χ2n) is 6.32. The Bertz CT molecular complexity index is 550. The lowest BCUT2D eigenvalue weighted by atomic mass is 9.79. The molecule has 2 heterocycles. The molecule has 6 nitrogen and oxygen atoms in total. The van der Waals surface area contributed by atoms with Crippen LogP contribution in [0.3, 0.4) is 0 Å². The summed E-state index contributed by atoms with van der Waals surface area (Å²) in [6.45, 7) is 3.53. The second-order valence-corrected chi connectivity index (χ2v) is 6.32. The van der Waals surface area contributed by atoms with Crippen LogP contribution in [0.25, 0.3) is 0 Å². The maximum absolute atomic E-state index is 12.3. The van der Waals surface area contributed by atoms with Gasteiger partial charge in [-0.25, -0.2) is 0 Å². The molecular formula is C17H24N2O4. The number of hydrogen-bond acceptors (Lipinski definition) is 5. The van der Waals surface area contributed by atoms with Crippen LogP contribution in [0, 0.1) is 5.41 Å². The van der Waals surface area contributed by atoms with Gasteiger partial charge in [-0.1, -0.05) is 6.07 Å². The zero-order valence-electron chi connectivity index (χ0n) is 13.5. The topological polar surface area (TPSA) is 68.8 Å². The fourth-order valence-electron chi connectivity index (χ4n) is 3.22. The van der Waals surface area contributed by atoms with E-state index in [1.54, 1.807) is 7.11 Å². The zero-order chi connectivity index (χ0) is 16.1. The Morgan fingerprint density at radius 3 is 2.87 bits per heavy atom. The zero-order valence-corrected chi connectivity index (χ0v) is 13.5. The molecule has 1 saturated heterocycles. The number of fused-ring (bicyclic) bond motifs is 1. The molecule has 0 spiro atoms. The monoisotopic (exact) mass is 320 g/mol. The fourth-order valence-corrected chi connectivity index (χ4v) is 3.22. The highest BCUT2D eigenvalue weighted by atomic mass is 16.7. The predicted molar refractivity (Wildman–Crippen MR) is 85.7 cm³/mol. The van der Waals surface area contributed by atoms with Gasteiger partial charge in [0.1, 0.15) is 0 Å². The number of hydrogen-bond donors (Lipinski definition) is 2. The van der Waals surface area contributed by atoms with Crippen LogP contribution < -0.4 is 20.1 Å². The maximum Gasteiger partial charge on any atom is 0.231 e. The molecular weight excluding hydrogens is 296 g/mol. The SMILES string of the molecule is COCC1(CNC(=O)Cc2ccc3c(c2)OCO3)CCNCC1. The van der Waals surface area contributed by atoms with Crippen molar-refractivity contribution in [3.63, 3.8) is 0 Å². The van der Waals surface area contributed by atoms with Crippen molar-refractivity contribution >= 4 is 5.91 Å². The van der Waals surface area contributed by atoms with Gasteiger partial charge in [0.15, 0.2) is 11.5 Å². The minimum Gasteiger partial charge on any atom is -0.454 e. The van der Waals surface area contributed by atoms with Gasteiger partial charge in [-0.05, 0) is 43.6 Å². The van der Waals surface area contributed by atoms with Crippen LogP contribution in [0.4, 0.5) is 0 Å². The molecule has 23 heavy (non-hydrogen) atoms. The molecule has 2 aliphatic heterocycles. The molecule has 0 aromatic heterocycles. The van der Waals surface area contributed by atoms with Gasteiger partial charge in [-0.3, -0.25) is 4.79 Å². The lowest BCUT2D eigenvalue weighted by Gasteiger charge is -2.37. The lowest BCUT2D eigenvalue weighted by Crippen LogP contribution is -2.47. The molecule has 1 aromatic rings. The molecule has 0 saturated carbocycles. The Morgan fingerprint density at radius 2 is 2.09 bits per heavy atom. The molecule has 6 heteroatoms. The van der Waals surface area contributed by atoms with Gasteiger partial charge < -0.3 is 24.8 Å². The number of rotatable bonds is 6. The van der Waals surface area contributed by atoms with E-state index in [9.17, 15) is 4.79 Å². The highest BCUT2D eigenvalue weighted by molar-refractivity contribution is 5.78. The van der Waals surface area contributed by atoms with E-state index in [1.807, 2.05) is 18.2 Å². The Hall–Kier alpha value is -1.79. The summed E-state index contributed by atoms with van der Waals surface area (Å²) in [4.78, 5) is 12.3. The summed E-state index contributed by atoms with van der Waals surface area (Å²) < 4.78 is 16.0. The predicted octanol–water partition coefficient (Wildman–Crippen LogP) is 1.09. The molecule has 1 aromatic carbocycles. The Kier molecular flexibility index (Phi) is 5.03. The van der Waals surface area contributed by atoms with Crippen molar-refractivity contribution in [2.45, 2.75) is 19.3 Å². The third-order valence-corrected chi connectivity index (χ3v) is 4.58. The standard InChI is InChI=1S/C17H24N2O4/c1-21-11-17(4-6-18-7-5-17)10-19-16(20)9-13-2-3-14-15(8-13)23-12-22-14/h2-3,8,18H,4-7,9-12H2,1H3,(H,19,20). The number of amides is 1. The van der Waals surface area contributed by atoms with Crippen molar-refractivity contribution in [1.82, 2.24) is 10.6 Å². The van der Waals surface area contributed by atoms with Gasteiger partial charge in [0, 0.05) is 19.1 Å². The summed E-state index contributed by atoms with van der Waals surface area (Å²) in [6, 6.07) is 5.63. The summed E-state index contributed by atoms with van der Waals surface area (Å²) in [6.07, 6.45) is 2.38. The average molecular weight is 320 g/mol. The van der Waals surface area contributed by atoms with Crippen molar-refractivity contribution in [2.75, 3.05) is 40.1 Å². The van der Waals surface area contributed by atoms with Crippen molar-refractivity contribution in [3.8, 4) is 11.5 Å². The summed E-state index contributed by atoms with van der Waals surface area (Å²) in [7, 11) is 1.72. The molecule has 0 bridgehead atoms. The van der Waals surface area contributed by atoms with Gasteiger partial charge >= 0.3 is 0 Å². The second kappa shape index (κ2) is 7.19. The lowest BCUT2D eigenvalue weighted by molar-refractivity contribution is -0.121. The van der Waals surface area contributed by atoms with Crippen LogP contribution in [-0.4, -0.2) is 46.1 Å². The number of piperidine rings is 1. The molecule has 2 N–H and O–H groups in total. The van der Waals surface area contributed by atoms with Crippen LogP contribution in [-0.2, 0) is 16.0 Å². The number of nitrogens with one attached hydrogen (secondary N) is 2. The summed E-state index contributed by atoms with van der Waals surface area (Å²) >= 11 is 0. The van der Waals surface area contributed by atoms with E-state index in [-0.39, 0.29) is 18.1 Å². The van der Waals surface area contributed by atoms with E-state index in [0.717, 1.165) is 37.2 Å². The van der Waals surface area contributed by atoms with E-state index in [0.29, 0.717) is 25.3 Å². The molecule has 1 amide bonds. The first-order valence-electron chi connectivity index (χ1n) is 8.06. The van der Waals surface area contributed by atoms with Crippen LogP contribution in [0.2, 0.25) is 0 Å². The van der Waals surface area contributed by atoms with Gasteiger partial charge in [0.2, 0.25) is 12.7 Å². The number of benzene rings is 1. The Morgan fingerprint density at radius 1 is 1.30 bits per heavy atom. The summed E-state index contributed by atoms with van der Waals surface area (Å²) in [5.74, 6) is 1.48. The van der Waals surface area contributed by atoms with E-state index >= 15 is 0 Å². The summed E-state index contributed by atoms with van der Waals surface area (Å²) in [5, 5.41) is 6.43. The molecule has 0 aliphatic carbocycles. The normalized spacial score (nSPS) is 18.7. The molecule has 3 rings (SSSR count). The van der Waals surface area contributed by atoms with Gasteiger partial charge in [0.05, 0.1) is 13.0 Å². The van der Waals surface area contributed by atoms with Gasteiger partial charge in [-0.2, -0.15) is 0 Å². The molecule has 2 aliphatic rings. The minimum absolute atomic E-state index is 0.0258. The van der Waals surface area contributed by atoms with Crippen LogP contribution in [0.15, 0.2) is 18.2 Å². The number of carbonyl (C=O) groups is 1. The third kappa shape index (κ3) is 3.95. The first-order valence-corrected chi connectivity index (χ1v) is 8.06. The molecule has 0 unspecified atom stereocenters. The smallest absolute Gasteiger partial charge is 0.231 e. The minimum atomic E-state index is 0.0258. The third-order valence-electron chi connectivity index (χ3n) is 4.58.